The molecular weight excluding hydrogens is 156 g/mol. The molecule has 0 saturated heterocycles. The molecule has 12 heavy (non-hydrogen) atoms. The van der Waals surface area contributed by atoms with E-state index < -0.39 is 0 Å². The first-order valence-electron chi connectivity index (χ1n) is 4.24. The van der Waals surface area contributed by atoms with E-state index in [1.54, 1.807) is 0 Å². The second-order valence-electron chi connectivity index (χ2n) is 3.14. The van der Waals surface area contributed by atoms with Gasteiger partial charge in [0.1, 0.15) is 5.78 Å². The van der Waals surface area contributed by atoms with E-state index in [0.717, 1.165) is 0 Å². The van der Waals surface area contributed by atoms with Crippen molar-refractivity contribution in [3.8, 4) is 0 Å². The Labute approximate surface area is 71.1 Å². The van der Waals surface area contributed by atoms with Crippen LogP contribution in [-0.4, -0.2) is 17.3 Å². The minimum absolute atomic E-state index is 0.0426. The molecule has 0 aromatic rings. The van der Waals surface area contributed by atoms with Crippen LogP contribution in [0.15, 0.2) is 0 Å². The zero-order valence-electron chi connectivity index (χ0n) is 7.13. The molecule has 0 bridgehead atoms. The highest BCUT2D eigenvalue weighted by atomic mass is 16.2. The quantitative estimate of drug-likeness (QED) is 0.432. The molecule has 66 valence electrons. The monoisotopic (exact) mass is 168 g/mol. The van der Waals surface area contributed by atoms with Gasteiger partial charge in [0.15, 0.2) is 5.78 Å². The Kier molecular flexibility index (Phi) is 2.74. The standard InChI is InChI=1S/C9H12O3/c1-2-6-5-7(10)3-4-8(11)9(6)12/h6H,2-5H2,1H3. The van der Waals surface area contributed by atoms with Crippen LogP contribution in [0.2, 0.25) is 0 Å². The third-order valence-corrected chi connectivity index (χ3v) is 2.24. The van der Waals surface area contributed by atoms with Crippen LogP contribution in [0.3, 0.4) is 0 Å². The van der Waals surface area contributed by atoms with Crippen molar-refractivity contribution >= 4 is 17.3 Å². The van der Waals surface area contributed by atoms with Gasteiger partial charge in [-0.2, -0.15) is 0 Å². The molecular formula is C9H12O3. The van der Waals surface area contributed by atoms with Gasteiger partial charge in [-0.15, -0.1) is 0 Å². The number of hydrogen-bond donors (Lipinski definition) is 0. The molecule has 1 rings (SSSR count). The number of hydrogen-bond acceptors (Lipinski definition) is 3. The third-order valence-electron chi connectivity index (χ3n) is 2.24. The Bertz CT molecular complexity index is 230. The Morgan fingerprint density at radius 1 is 1.25 bits per heavy atom. The molecule has 1 aliphatic carbocycles. The van der Waals surface area contributed by atoms with Gasteiger partial charge >= 0.3 is 0 Å². The van der Waals surface area contributed by atoms with Gasteiger partial charge in [-0.25, -0.2) is 0 Å². The zero-order valence-corrected chi connectivity index (χ0v) is 7.13. The predicted molar refractivity (Wildman–Crippen MR) is 42.7 cm³/mol. The van der Waals surface area contributed by atoms with E-state index in [-0.39, 0.29) is 42.5 Å². The lowest BCUT2D eigenvalue weighted by Gasteiger charge is -2.06. The number of ketones is 3. The molecule has 0 aromatic heterocycles. The molecule has 3 heteroatoms. The fourth-order valence-electron chi connectivity index (χ4n) is 1.40. The van der Waals surface area contributed by atoms with Crippen molar-refractivity contribution in [2.45, 2.75) is 32.6 Å². The molecule has 0 aliphatic heterocycles. The van der Waals surface area contributed by atoms with Gasteiger partial charge in [-0.1, -0.05) is 6.92 Å². The van der Waals surface area contributed by atoms with Crippen molar-refractivity contribution < 1.29 is 14.4 Å². The van der Waals surface area contributed by atoms with E-state index in [2.05, 4.69) is 0 Å². The van der Waals surface area contributed by atoms with E-state index >= 15 is 0 Å². The number of rotatable bonds is 1. The van der Waals surface area contributed by atoms with Crippen LogP contribution in [0.4, 0.5) is 0 Å². The maximum Gasteiger partial charge on any atom is 0.201 e. The summed E-state index contributed by atoms with van der Waals surface area (Å²) in [6, 6.07) is 0. The van der Waals surface area contributed by atoms with Crippen molar-refractivity contribution in [2.24, 2.45) is 5.92 Å². The molecule has 1 saturated carbocycles. The number of carbonyl (C=O) groups is 3. The highest BCUT2D eigenvalue weighted by Gasteiger charge is 2.29. The van der Waals surface area contributed by atoms with Gasteiger partial charge < -0.3 is 0 Å². The maximum absolute atomic E-state index is 11.2. The lowest BCUT2D eigenvalue weighted by atomic mass is 9.95. The van der Waals surface area contributed by atoms with E-state index in [1.807, 2.05) is 6.92 Å². The van der Waals surface area contributed by atoms with Gasteiger partial charge in [0, 0.05) is 25.2 Å². The fraction of sp³-hybridized carbons (Fsp3) is 0.667. The smallest absolute Gasteiger partial charge is 0.201 e. The summed E-state index contributed by atoms with van der Waals surface area (Å²) in [6.07, 6.45) is 1.23. The van der Waals surface area contributed by atoms with Crippen LogP contribution in [0.5, 0.6) is 0 Å². The summed E-state index contributed by atoms with van der Waals surface area (Å²) in [6.45, 7) is 1.83. The van der Waals surface area contributed by atoms with Crippen LogP contribution in [0.25, 0.3) is 0 Å². The van der Waals surface area contributed by atoms with E-state index in [1.165, 1.54) is 0 Å². The van der Waals surface area contributed by atoms with Crippen molar-refractivity contribution in [2.75, 3.05) is 0 Å². The number of Topliss-reactive ketones (excluding diaryl/α,β-unsaturated/α-hetero) is 3. The molecule has 1 atom stereocenters. The third kappa shape index (κ3) is 1.78. The van der Waals surface area contributed by atoms with Crippen molar-refractivity contribution in [3.05, 3.63) is 0 Å². The SMILES string of the molecule is CCC1CC(=O)CCC(=O)C1=O. The van der Waals surface area contributed by atoms with Crippen LogP contribution in [0.1, 0.15) is 32.6 Å². The summed E-state index contributed by atoms with van der Waals surface area (Å²) in [5.74, 6) is -1.01. The first-order chi connectivity index (χ1) is 5.65. The summed E-state index contributed by atoms with van der Waals surface area (Å²) in [5.41, 5.74) is 0. The summed E-state index contributed by atoms with van der Waals surface area (Å²) < 4.78 is 0. The highest BCUT2D eigenvalue weighted by molar-refractivity contribution is 6.39. The minimum Gasteiger partial charge on any atom is -0.300 e. The topological polar surface area (TPSA) is 51.2 Å². The summed E-state index contributed by atoms with van der Waals surface area (Å²) in [7, 11) is 0. The van der Waals surface area contributed by atoms with E-state index in [9.17, 15) is 14.4 Å². The minimum atomic E-state index is -0.368. The normalized spacial score (nSPS) is 25.8. The van der Waals surface area contributed by atoms with Crippen molar-refractivity contribution in [1.29, 1.82) is 0 Å². The van der Waals surface area contributed by atoms with Crippen LogP contribution < -0.4 is 0 Å². The largest absolute Gasteiger partial charge is 0.300 e. The lowest BCUT2D eigenvalue weighted by Crippen LogP contribution is -2.21. The molecule has 0 heterocycles. The Balaban J connectivity index is 2.78. The van der Waals surface area contributed by atoms with Gasteiger partial charge in [0.05, 0.1) is 0 Å². The summed E-state index contributed by atoms with van der Waals surface area (Å²) >= 11 is 0. The van der Waals surface area contributed by atoms with Gasteiger partial charge in [-0.3, -0.25) is 14.4 Å². The van der Waals surface area contributed by atoms with E-state index in [0.29, 0.717) is 6.42 Å². The molecule has 0 amide bonds. The Morgan fingerprint density at radius 3 is 2.50 bits per heavy atom. The van der Waals surface area contributed by atoms with E-state index in [4.69, 9.17) is 0 Å². The predicted octanol–water partition coefficient (Wildman–Crippen LogP) is 0.904. The lowest BCUT2D eigenvalue weighted by molar-refractivity contribution is -0.138. The first kappa shape index (κ1) is 9.10. The molecule has 1 fully saturated rings. The Hall–Kier alpha value is -0.990. The summed E-state index contributed by atoms with van der Waals surface area (Å²) in [4.78, 5) is 33.3. The molecule has 0 radical (unpaired) electrons. The van der Waals surface area contributed by atoms with Crippen LogP contribution in [0, 0.1) is 5.92 Å². The van der Waals surface area contributed by atoms with Crippen molar-refractivity contribution in [1.82, 2.24) is 0 Å². The van der Waals surface area contributed by atoms with Crippen LogP contribution >= 0.6 is 0 Å². The second-order valence-corrected chi connectivity index (χ2v) is 3.14. The highest BCUT2D eigenvalue weighted by Crippen LogP contribution is 2.17. The maximum atomic E-state index is 11.2. The zero-order chi connectivity index (χ0) is 9.14. The molecule has 1 aliphatic rings. The second kappa shape index (κ2) is 3.61. The van der Waals surface area contributed by atoms with Crippen molar-refractivity contribution in [3.63, 3.8) is 0 Å². The molecule has 0 N–H and O–H groups in total. The van der Waals surface area contributed by atoms with Gasteiger partial charge in [-0.05, 0) is 6.42 Å². The fourth-order valence-corrected chi connectivity index (χ4v) is 1.40. The van der Waals surface area contributed by atoms with Crippen LogP contribution in [-0.2, 0) is 14.4 Å². The summed E-state index contributed by atoms with van der Waals surface area (Å²) in [5, 5.41) is 0. The molecule has 0 aromatic carbocycles. The molecule has 1 unspecified atom stereocenters. The number of carbonyl (C=O) groups excluding carboxylic acids is 3. The van der Waals surface area contributed by atoms with Gasteiger partial charge in [0.25, 0.3) is 0 Å². The van der Waals surface area contributed by atoms with Gasteiger partial charge in [0.2, 0.25) is 5.78 Å². The first-order valence-corrected chi connectivity index (χ1v) is 4.24. The average Bonchev–Trinajstić information content (AvgIpc) is 2.18. The molecule has 3 nitrogen and oxygen atoms in total. The average molecular weight is 168 g/mol. The Morgan fingerprint density at radius 2 is 1.92 bits per heavy atom. The molecule has 0 spiro atoms.